The van der Waals surface area contributed by atoms with E-state index in [0.717, 1.165) is 12.8 Å². The quantitative estimate of drug-likeness (QED) is 0.190. The molecule has 2 nitrogen and oxygen atoms in total. The third-order valence-electron chi connectivity index (χ3n) is 10.3. The molecule has 0 amide bonds. The van der Waals surface area contributed by atoms with Gasteiger partial charge in [0, 0.05) is 44.8 Å². The van der Waals surface area contributed by atoms with E-state index < -0.39 is 0 Å². The average Bonchev–Trinajstić information content (AvgIpc) is 3.58. The van der Waals surface area contributed by atoms with Crippen molar-refractivity contribution in [2.45, 2.75) is 32.1 Å². The Balaban J connectivity index is 1.22. The summed E-state index contributed by atoms with van der Waals surface area (Å²) >= 11 is 0. The number of anilines is 2. The smallest absolute Gasteiger partial charge is 0.0537 e. The van der Waals surface area contributed by atoms with Crippen molar-refractivity contribution in [3.05, 3.63) is 180 Å². The second-order valence-electron chi connectivity index (χ2n) is 13.3. The molecule has 0 atom stereocenters. The summed E-state index contributed by atoms with van der Waals surface area (Å²) in [6, 6.07) is 55.4. The molecule has 6 aromatic carbocycles. The van der Waals surface area contributed by atoms with Crippen LogP contribution in [0.3, 0.4) is 0 Å². The maximum absolute atomic E-state index is 2.51. The van der Waals surface area contributed by atoms with E-state index in [0.29, 0.717) is 0 Å². The van der Waals surface area contributed by atoms with Crippen molar-refractivity contribution in [1.29, 1.82) is 0 Å². The summed E-state index contributed by atoms with van der Waals surface area (Å²) in [4.78, 5) is 2.51. The summed E-state index contributed by atoms with van der Waals surface area (Å²) in [6.07, 6.45) is 4.36. The monoisotopic (exact) mass is 604 g/mol. The standard InChI is InChI=1S/C45H36N2/c1-45(2)41-19-11-9-17-37(41)38-27-25-36(30-42(38)45)46(34-23-21-32(22-24-34)31-13-5-3-6-14-31)35-26-28-44-40(29-35)39-18-10-12-20-43(39)47(44)33-15-7-4-8-16-33/h3-25,27,29-30H,26,28H2,1-2H3. The third kappa shape index (κ3) is 4.40. The fraction of sp³-hybridized carbons (Fsp3) is 0.111. The van der Waals surface area contributed by atoms with Gasteiger partial charge in [0.05, 0.1) is 5.52 Å². The second-order valence-corrected chi connectivity index (χ2v) is 13.3. The predicted octanol–water partition coefficient (Wildman–Crippen LogP) is 11.7. The second kappa shape index (κ2) is 10.7. The van der Waals surface area contributed by atoms with Crippen molar-refractivity contribution >= 4 is 28.4 Å². The van der Waals surface area contributed by atoms with E-state index in [1.807, 2.05) is 0 Å². The number of hydrogen-bond donors (Lipinski definition) is 0. The first-order valence-corrected chi connectivity index (χ1v) is 16.7. The van der Waals surface area contributed by atoms with Crippen molar-refractivity contribution in [1.82, 2.24) is 4.57 Å². The first-order chi connectivity index (χ1) is 23.1. The summed E-state index contributed by atoms with van der Waals surface area (Å²) < 4.78 is 2.46. The summed E-state index contributed by atoms with van der Waals surface area (Å²) in [6.45, 7) is 4.73. The molecule has 1 heterocycles. The minimum absolute atomic E-state index is 0.0675. The zero-order chi connectivity index (χ0) is 31.5. The van der Waals surface area contributed by atoms with Gasteiger partial charge in [-0.1, -0.05) is 123 Å². The molecular weight excluding hydrogens is 569 g/mol. The van der Waals surface area contributed by atoms with Crippen molar-refractivity contribution in [3.8, 4) is 27.9 Å². The van der Waals surface area contributed by atoms with Gasteiger partial charge in [0.2, 0.25) is 0 Å². The topological polar surface area (TPSA) is 8.17 Å². The Morgan fingerprint density at radius 1 is 0.553 bits per heavy atom. The molecule has 0 aliphatic heterocycles. The van der Waals surface area contributed by atoms with Crippen LogP contribution in [0.4, 0.5) is 11.4 Å². The minimum atomic E-state index is -0.0675. The van der Waals surface area contributed by atoms with Gasteiger partial charge in [0.15, 0.2) is 0 Å². The lowest BCUT2D eigenvalue weighted by molar-refractivity contribution is 0.660. The van der Waals surface area contributed by atoms with Crippen molar-refractivity contribution in [2.75, 3.05) is 4.90 Å². The molecule has 0 radical (unpaired) electrons. The van der Waals surface area contributed by atoms with Crippen LogP contribution in [0.25, 0.3) is 44.9 Å². The van der Waals surface area contributed by atoms with Crippen LogP contribution in [0.15, 0.2) is 157 Å². The number of aromatic nitrogens is 1. The van der Waals surface area contributed by atoms with E-state index in [1.165, 1.54) is 78.3 Å². The lowest BCUT2D eigenvalue weighted by Crippen LogP contribution is -2.21. The molecule has 2 heteroatoms. The Kier molecular flexibility index (Phi) is 6.33. The van der Waals surface area contributed by atoms with Gasteiger partial charge in [-0.15, -0.1) is 0 Å². The number of para-hydroxylation sites is 2. The lowest BCUT2D eigenvalue weighted by atomic mass is 9.82. The summed E-state index contributed by atoms with van der Waals surface area (Å²) in [5, 5.41) is 1.30. The van der Waals surface area contributed by atoms with Crippen LogP contribution in [-0.2, 0) is 11.8 Å². The summed E-state index contributed by atoms with van der Waals surface area (Å²) in [7, 11) is 0. The molecule has 0 spiro atoms. The molecule has 2 aliphatic rings. The molecular formula is C45H36N2. The molecule has 0 fully saturated rings. The zero-order valence-corrected chi connectivity index (χ0v) is 26.8. The van der Waals surface area contributed by atoms with Crippen molar-refractivity contribution in [2.24, 2.45) is 0 Å². The van der Waals surface area contributed by atoms with Crippen LogP contribution in [0.5, 0.6) is 0 Å². The van der Waals surface area contributed by atoms with Gasteiger partial charge in [-0.3, -0.25) is 0 Å². The minimum Gasteiger partial charge on any atom is -0.314 e. The van der Waals surface area contributed by atoms with Gasteiger partial charge in [-0.2, -0.15) is 0 Å². The number of hydrogen-bond acceptors (Lipinski definition) is 1. The van der Waals surface area contributed by atoms with Gasteiger partial charge in [-0.25, -0.2) is 0 Å². The van der Waals surface area contributed by atoms with E-state index >= 15 is 0 Å². The molecule has 9 rings (SSSR count). The van der Waals surface area contributed by atoms with Gasteiger partial charge >= 0.3 is 0 Å². The molecule has 0 unspecified atom stereocenters. The van der Waals surface area contributed by atoms with Gasteiger partial charge in [-0.05, 0) is 94.8 Å². The molecule has 0 saturated heterocycles. The first kappa shape index (κ1) is 27.7. The Labute approximate surface area is 276 Å². The van der Waals surface area contributed by atoms with E-state index in [9.17, 15) is 0 Å². The van der Waals surface area contributed by atoms with E-state index in [1.54, 1.807) is 0 Å². The number of nitrogens with zero attached hydrogens (tertiary/aromatic N) is 2. The zero-order valence-electron chi connectivity index (χ0n) is 26.8. The molecule has 0 bridgehead atoms. The van der Waals surface area contributed by atoms with Gasteiger partial charge < -0.3 is 9.47 Å². The normalized spacial score (nSPS) is 14.3. The highest BCUT2D eigenvalue weighted by Crippen LogP contribution is 2.50. The lowest BCUT2D eigenvalue weighted by Gasteiger charge is -2.32. The van der Waals surface area contributed by atoms with Crippen LogP contribution < -0.4 is 4.90 Å². The van der Waals surface area contributed by atoms with E-state index in [-0.39, 0.29) is 5.41 Å². The van der Waals surface area contributed by atoms with Crippen molar-refractivity contribution in [3.63, 3.8) is 0 Å². The number of benzene rings is 6. The largest absolute Gasteiger partial charge is 0.314 e. The van der Waals surface area contributed by atoms with Crippen molar-refractivity contribution < 1.29 is 0 Å². The molecule has 47 heavy (non-hydrogen) atoms. The number of fused-ring (bicyclic) bond motifs is 6. The Morgan fingerprint density at radius 2 is 1.19 bits per heavy atom. The third-order valence-corrected chi connectivity index (χ3v) is 10.3. The van der Waals surface area contributed by atoms with E-state index in [4.69, 9.17) is 0 Å². The van der Waals surface area contributed by atoms with Crippen LogP contribution in [0, 0.1) is 0 Å². The van der Waals surface area contributed by atoms with Crippen LogP contribution in [-0.4, -0.2) is 4.57 Å². The van der Waals surface area contributed by atoms with Crippen LogP contribution >= 0.6 is 0 Å². The predicted molar refractivity (Wildman–Crippen MR) is 198 cm³/mol. The molecule has 1 aromatic heterocycles. The molecule has 0 N–H and O–H groups in total. The van der Waals surface area contributed by atoms with Crippen LogP contribution in [0.1, 0.15) is 42.7 Å². The fourth-order valence-electron chi connectivity index (χ4n) is 8.00. The Bertz CT molecular complexity index is 2300. The Morgan fingerprint density at radius 3 is 2.00 bits per heavy atom. The average molecular weight is 605 g/mol. The Hall–Kier alpha value is -5.60. The highest BCUT2D eigenvalue weighted by molar-refractivity contribution is 5.95. The van der Waals surface area contributed by atoms with Crippen LogP contribution in [0.2, 0.25) is 0 Å². The number of rotatable bonds is 5. The summed E-state index contributed by atoms with van der Waals surface area (Å²) in [5.74, 6) is 0. The highest BCUT2D eigenvalue weighted by Gasteiger charge is 2.36. The molecule has 7 aromatic rings. The van der Waals surface area contributed by atoms with Gasteiger partial charge in [0.1, 0.15) is 0 Å². The summed E-state index contributed by atoms with van der Waals surface area (Å²) in [5.41, 5.74) is 16.8. The first-order valence-electron chi connectivity index (χ1n) is 16.7. The SMILES string of the molecule is CC1(C)c2ccccc2-c2ccc(N(C3=Cc4c(n(-c5ccccc5)c5ccccc45)CC3)c3ccc(-c4ccccc4)cc3)cc21. The van der Waals surface area contributed by atoms with Gasteiger partial charge in [0.25, 0.3) is 0 Å². The molecule has 2 aliphatic carbocycles. The highest BCUT2D eigenvalue weighted by atomic mass is 15.2. The number of allylic oxidation sites excluding steroid dienone is 1. The molecule has 226 valence electrons. The van der Waals surface area contributed by atoms with E-state index in [2.05, 4.69) is 181 Å². The fourth-order valence-corrected chi connectivity index (χ4v) is 8.00. The maximum Gasteiger partial charge on any atom is 0.0537 e. The molecule has 0 saturated carbocycles. The maximum atomic E-state index is 2.51.